The molecule has 2 aromatic heterocycles. The average molecular weight is 365 g/mol. The van der Waals surface area contributed by atoms with E-state index in [0.29, 0.717) is 10.6 Å². The van der Waals surface area contributed by atoms with Crippen molar-refractivity contribution in [2.75, 3.05) is 10.0 Å². The number of thiazole rings is 1. The molecule has 23 heavy (non-hydrogen) atoms. The number of aromatic nitrogens is 1. The second-order valence-electron chi connectivity index (χ2n) is 4.43. The van der Waals surface area contributed by atoms with Gasteiger partial charge in [0.2, 0.25) is 0 Å². The molecule has 0 aliphatic rings. The molecule has 3 aromatic rings. The van der Waals surface area contributed by atoms with Crippen molar-refractivity contribution in [2.24, 2.45) is 0 Å². The molecule has 0 fully saturated rings. The third-order valence-electron chi connectivity index (χ3n) is 2.84. The standard InChI is InChI=1S/C14H11N3O3S3/c18-14(12-2-1-7-22-12)16-10-3-5-11(6-4-10)23(19,20)17-13-8-21-9-15-13/h1-9,17H,(H,16,18). The predicted octanol–water partition coefficient (Wildman–Crippen LogP) is 3.26. The number of amides is 1. The Morgan fingerprint density at radius 2 is 1.91 bits per heavy atom. The highest BCUT2D eigenvalue weighted by Gasteiger charge is 2.15. The van der Waals surface area contributed by atoms with Crippen LogP contribution in [0.1, 0.15) is 9.67 Å². The summed E-state index contributed by atoms with van der Waals surface area (Å²) in [6, 6.07) is 9.45. The minimum Gasteiger partial charge on any atom is -0.321 e. The summed E-state index contributed by atoms with van der Waals surface area (Å²) in [4.78, 5) is 16.5. The van der Waals surface area contributed by atoms with Crippen LogP contribution < -0.4 is 10.0 Å². The van der Waals surface area contributed by atoms with E-state index >= 15 is 0 Å². The summed E-state index contributed by atoms with van der Waals surface area (Å²) in [5.74, 6) is 0.0567. The molecular weight excluding hydrogens is 354 g/mol. The van der Waals surface area contributed by atoms with Gasteiger partial charge >= 0.3 is 0 Å². The van der Waals surface area contributed by atoms with Gasteiger partial charge in [0.25, 0.3) is 15.9 Å². The van der Waals surface area contributed by atoms with Gasteiger partial charge < -0.3 is 5.32 Å². The van der Waals surface area contributed by atoms with E-state index in [4.69, 9.17) is 0 Å². The van der Waals surface area contributed by atoms with Gasteiger partial charge in [-0.15, -0.1) is 22.7 Å². The Balaban J connectivity index is 1.73. The molecule has 0 saturated carbocycles. The first-order chi connectivity index (χ1) is 11.0. The lowest BCUT2D eigenvalue weighted by molar-refractivity contribution is 0.103. The smallest absolute Gasteiger partial charge is 0.265 e. The highest BCUT2D eigenvalue weighted by molar-refractivity contribution is 7.92. The van der Waals surface area contributed by atoms with E-state index in [1.807, 2.05) is 5.38 Å². The van der Waals surface area contributed by atoms with Crippen molar-refractivity contribution in [3.05, 3.63) is 57.5 Å². The quantitative estimate of drug-likeness (QED) is 0.726. The maximum atomic E-state index is 12.2. The summed E-state index contributed by atoms with van der Waals surface area (Å²) >= 11 is 2.63. The first-order valence-corrected chi connectivity index (χ1v) is 9.71. The molecule has 1 amide bonds. The zero-order valence-corrected chi connectivity index (χ0v) is 14.0. The van der Waals surface area contributed by atoms with E-state index in [-0.39, 0.29) is 16.6 Å². The number of carbonyl (C=O) groups is 1. The molecule has 0 aliphatic heterocycles. The molecule has 0 aliphatic carbocycles. The van der Waals surface area contributed by atoms with Crippen molar-refractivity contribution in [2.45, 2.75) is 4.90 Å². The third kappa shape index (κ3) is 3.76. The molecule has 9 heteroatoms. The van der Waals surface area contributed by atoms with Crippen molar-refractivity contribution in [1.82, 2.24) is 4.98 Å². The Labute approximate surface area is 140 Å². The monoisotopic (exact) mass is 365 g/mol. The van der Waals surface area contributed by atoms with E-state index in [9.17, 15) is 13.2 Å². The topological polar surface area (TPSA) is 88.2 Å². The summed E-state index contributed by atoms with van der Waals surface area (Å²) in [5.41, 5.74) is 2.07. The second-order valence-corrected chi connectivity index (χ2v) is 7.78. The third-order valence-corrected chi connectivity index (χ3v) is 5.66. The lowest BCUT2D eigenvalue weighted by Crippen LogP contribution is -2.14. The van der Waals surface area contributed by atoms with E-state index in [2.05, 4.69) is 15.0 Å². The van der Waals surface area contributed by atoms with Gasteiger partial charge in [0.1, 0.15) is 0 Å². The lowest BCUT2D eigenvalue weighted by Gasteiger charge is -2.07. The zero-order chi connectivity index (χ0) is 16.3. The summed E-state index contributed by atoms with van der Waals surface area (Å²) < 4.78 is 26.8. The minimum absolute atomic E-state index is 0.0969. The Morgan fingerprint density at radius 3 is 2.52 bits per heavy atom. The van der Waals surface area contributed by atoms with Crippen LogP contribution in [-0.2, 0) is 10.0 Å². The number of anilines is 2. The number of hydrogen-bond donors (Lipinski definition) is 2. The number of sulfonamides is 1. The molecule has 0 radical (unpaired) electrons. The fraction of sp³-hybridized carbons (Fsp3) is 0. The minimum atomic E-state index is -3.69. The van der Waals surface area contributed by atoms with E-state index in [0.717, 1.165) is 0 Å². The maximum Gasteiger partial charge on any atom is 0.265 e. The van der Waals surface area contributed by atoms with Crippen LogP contribution in [0.15, 0.2) is 57.6 Å². The highest BCUT2D eigenvalue weighted by atomic mass is 32.2. The fourth-order valence-corrected chi connectivity index (χ4v) is 3.95. The van der Waals surface area contributed by atoms with Crippen LogP contribution in [0.3, 0.4) is 0 Å². The van der Waals surface area contributed by atoms with E-state index in [1.165, 1.54) is 34.8 Å². The lowest BCUT2D eigenvalue weighted by atomic mass is 10.3. The molecule has 2 N–H and O–H groups in total. The maximum absolute atomic E-state index is 12.2. The van der Waals surface area contributed by atoms with E-state index < -0.39 is 10.0 Å². The number of thiophene rings is 1. The van der Waals surface area contributed by atoms with Crippen LogP contribution in [0.2, 0.25) is 0 Å². The highest BCUT2D eigenvalue weighted by Crippen LogP contribution is 2.19. The Kier molecular flexibility index (Phi) is 4.42. The summed E-state index contributed by atoms with van der Waals surface area (Å²) in [6.07, 6.45) is 0. The van der Waals surface area contributed by atoms with E-state index in [1.54, 1.807) is 35.2 Å². The fourth-order valence-electron chi connectivity index (χ4n) is 1.78. The molecule has 0 saturated heterocycles. The molecule has 0 bridgehead atoms. The van der Waals surface area contributed by atoms with Gasteiger partial charge in [-0.25, -0.2) is 13.4 Å². The number of rotatable bonds is 5. The second kappa shape index (κ2) is 6.49. The first kappa shape index (κ1) is 15.7. The molecule has 1 aromatic carbocycles. The van der Waals surface area contributed by atoms with Crippen molar-refractivity contribution >= 4 is 50.1 Å². The van der Waals surface area contributed by atoms with Crippen LogP contribution in [0.25, 0.3) is 0 Å². The van der Waals surface area contributed by atoms with Crippen molar-refractivity contribution < 1.29 is 13.2 Å². The van der Waals surface area contributed by atoms with Crippen LogP contribution in [-0.4, -0.2) is 19.3 Å². The van der Waals surface area contributed by atoms with Crippen molar-refractivity contribution in [3.63, 3.8) is 0 Å². The Morgan fingerprint density at radius 1 is 1.13 bits per heavy atom. The summed E-state index contributed by atoms with van der Waals surface area (Å²) in [6.45, 7) is 0. The molecule has 0 atom stereocenters. The molecule has 0 unspecified atom stereocenters. The van der Waals surface area contributed by atoms with Crippen LogP contribution in [0.4, 0.5) is 11.5 Å². The van der Waals surface area contributed by atoms with Crippen molar-refractivity contribution in [1.29, 1.82) is 0 Å². The van der Waals surface area contributed by atoms with Gasteiger partial charge in [0.15, 0.2) is 5.82 Å². The molecular formula is C14H11N3O3S3. The zero-order valence-electron chi connectivity index (χ0n) is 11.6. The largest absolute Gasteiger partial charge is 0.321 e. The van der Waals surface area contributed by atoms with Crippen LogP contribution >= 0.6 is 22.7 Å². The average Bonchev–Trinajstić information content (AvgIpc) is 3.20. The Bertz CT molecular complexity index is 887. The van der Waals surface area contributed by atoms with Gasteiger partial charge in [0, 0.05) is 11.1 Å². The van der Waals surface area contributed by atoms with Gasteiger partial charge in [-0.3, -0.25) is 9.52 Å². The van der Waals surface area contributed by atoms with Crippen LogP contribution in [0, 0.1) is 0 Å². The first-order valence-electron chi connectivity index (χ1n) is 6.40. The Hall–Kier alpha value is -2.23. The number of nitrogens with zero attached hydrogens (tertiary/aromatic N) is 1. The number of benzene rings is 1. The van der Waals surface area contributed by atoms with Crippen LogP contribution in [0.5, 0.6) is 0 Å². The molecule has 6 nitrogen and oxygen atoms in total. The molecule has 3 rings (SSSR count). The molecule has 118 valence electrons. The number of carbonyl (C=O) groups excluding carboxylic acids is 1. The normalized spacial score (nSPS) is 11.1. The van der Waals surface area contributed by atoms with Crippen molar-refractivity contribution in [3.8, 4) is 0 Å². The van der Waals surface area contributed by atoms with Gasteiger partial charge in [-0.05, 0) is 35.7 Å². The summed E-state index contributed by atoms with van der Waals surface area (Å²) in [5, 5.41) is 6.13. The SMILES string of the molecule is O=C(Nc1ccc(S(=O)(=O)Nc2cscn2)cc1)c1cccs1. The van der Waals surface area contributed by atoms with Gasteiger partial charge in [-0.2, -0.15) is 0 Å². The summed E-state index contributed by atoms with van der Waals surface area (Å²) in [7, 11) is -3.69. The van der Waals surface area contributed by atoms with Gasteiger partial charge in [0.05, 0.1) is 15.3 Å². The molecule has 0 spiro atoms. The molecule has 2 heterocycles. The number of hydrogen-bond acceptors (Lipinski definition) is 6. The van der Waals surface area contributed by atoms with Gasteiger partial charge in [-0.1, -0.05) is 6.07 Å². The predicted molar refractivity (Wildman–Crippen MR) is 91.6 cm³/mol. The number of nitrogens with one attached hydrogen (secondary N) is 2.